The van der Waals surface area contributed by atoms with E-state index in [2.05, 4.69) is 10.6 Å². The lowest BCUT2D eigenvalue weighted by atomic mass is 10.1. The van der Waals surface area contributed by atoms with Gasteiger partial charge in [-0.1, -0.05) is 12.8 Å². The first-order valence-electron chi connectivity index (χ1n) is 11.0. The van der Waals surface area contributed by atoms with Crippen LogP contribution in [0.5, 0.6) is 0 Å². The first kappa shape index (κ1) is 28.0. The van der Waals surface area contributed by atoms with E-state index in [4.69, 9.17) is 10.2 Å². The van der Waals surface area contributed by atoms with Crippen molar-refractivity contribution in [3.63, 3.8) is 0 Å². The fourth-order valence-corrected chi connectivity index (χ4v) is 2.91. The molecule has 0 aromatic heterocycles. The van der Waals surface area contributed by atoms with Crippen molar-refractivity contribution < 1.29 is 29.4 Å². The standard InChI is InChI=1S/C21H39N3O6/c25-16-7-2-1-5-12-22-19(28)9-8-10-20(29)23-13-6-3-4-11-21(30)24(14-17-26)15-18-27/h16,26-27H,1-15,17-18H2,(H,22,28)(H,23,29). The molecule has 0 fully saturated rings. The van der Waals surface area contributed by atoms with Gasteiger partial charge in [-0.05, 0) is 32.1 Å². The molecule has 0 spiro atoms. The third kappa shape index (κ3) is 16.9. The number of rotatable bonds is 20. The van der Waals surface area contributed by atoms with Crippen LogP contribution in [0.15, 0.2) is 0 Å². The number of aldehydes is 1. The molecule has 0 unspecified atom stereocenters. The third-order valence-corrected chi connectivity index (χ3v) is 4.61. The van der Waals surface area contributed by atoms with Gasteiger partial charge in [-0.3, -0.25) is 14.4 Å². The van der Waals surface area contributed by atoms with Crippen LogP contribution in [0.25, 0.3) is 0 Å². The molecule has 0 bridgehead atoms. The van der Waals surface area contributed by atoms with Crippen LogP contribution in [0.1, 0.15) is 70.6 Å². The van der Waals surface area contributed by atoms with E-state index < -0.39 is 0 Å². The van der Waals surface area contributed by atoms with E-state index in [0.29, 0.717) is 51.6 Å². The van der Waals surface area contributed by atoms with E-state index in [9.17, 15) is 19.2 Å². The number of hydrogen-bond donors (Lipinski definition) is 4. The summed E-state index contributed by atoms with van der Waals surface area (Å²) in [6, 6.07) is 0. The Hall–Kier alpha value is -2.00. The monoisotopic (exact) mass is 429 g/mol. The third-order valence-electron chi connectivity index (χ3n) is 4.61. The Morgan fingerprint density at radius 3 is 1.73 bits per heavy atom. The topological polar surface area (TPSA) is 136 Å². The van der Waals surface area contributed by atoms with Gasteiger partial charge in [-0.2, -0.15) is 0 Å². The highest BCUT2D eigenvalue weighted by molar-refractivity contribution is 5.78. The Morgan fingerprint density at radius 2 is 1.23 bits per heavy atom. The Labute approximate surface area is 179 Å². The molecule has 0 aliphatic heterocycles. The highest BCUT2D eigenvalue weighted by atomic mass is 16.3. The number of carbonyl (C=O) groups is 4. The zero-order valence-electron chi connectivity index (χ0n) is 18.1. The van der Waals surface area contributed by atoms with Crippen LogP contribution >= 0.6 is 0 Å². The maximum absolute atomic E-state index is 12.0. The molecule has 0 atom stereocenters. The largest absolute Gasteiger partial charge is 0.395 e. The molecule has 0 aliphatic carbocycles. The SMILES string of the molecule is O=CCCCCCNC(=O)CCCC(=O)NCCCCCC(=O)N(CCO)CCO. The molecule has 0 aromatic carbocycles. The van der Waals surface area contributed by atoms with Crippen molar-refractivity contribution in [2.75, 3.05) is 39.4 Å². The fraction of sp³-hybridized carbons (Fsp3) is 0.810. The van der Waals surface area contributed by atoms with E-state index in [1.165, 1.54) is 4.90 Å². The lowest BCUT2D eigenvalue weighted by Crippen LogP contribution is -2.35. The molecule has 9 nitrogen and oxygen atoms in total. The highest BCUT2D eigenvalue weighted by Gasteiger charge is 2.11. The zero-order valence-corrected chi connectivity index (χ0v) is 18.1. The maximum Gasteiger partial charge on any atom is 0.222 e. The van der Waals surface area contributed by atoms with Gasteiger partial charge in [0, 0.05) is 51.9 Å². The molecule has 0 aromatic rings. The summed E-state index contributed by atoms with van der Waals surface area (Å²) >= 11 is 0. The molecule has 0 aliphatic rings. The van der Waals surface area contributed by atoms with Gasteiger partial charge in [-0.15, -0.1) is 0 Å². The predicted octanol–water partition coefficient (Wildman–Crippen LogP) is 0.522. The summed E-state index contributed by atoms with van der Waals surface area (Å²) in [6.07, 6.45) is 7.84. The molecule has 0 rings (SSSR count). The van der Waals surface area contributed by atoms with Crippen molar-refractivity contribution in [1.82, 2.24) is 15.5 Å². The lowest BCUT2D eigenvalue weighted by Gasteiger charge is -2.20. The predicted molar refractivity (Wildman–Crippen MR) is 114 cm³/mol. The number of carbonyl (C=O) groups excluding carboxylic acids is 4. The average molecular weight is 430 g/mol. The molecule has 3 amide bonds. The van der Waals surface area contributed by atoms with Crippen LogP contribution in [-0.4, -0.2) is 78.5 Å². The first-order chi connectivity index (χ1) is 14.5. The van der Waals surface area contributed by atoms with Crippen molar-refractivity contribution in [3.05, 3.63) is 0 Å². The minimum Gasteiger partial charge on any atom is -0.395 e. The molecule has 0 radical (unpaired) electrons. The van der Waals surface area contributed by atoms with Crippen molar-refractivity contribution in [3.8, 4) is 0 Å². The number of hydrogen-bond acceptors (Lipinski definition) is 6. The summed E-state index contributed by atoms with van der Waals surface area (Å²) in [4.78, 5) is 47.0. The van der Waals surface area contributed by atoms with Gasteiger partial charge in [0.25, 0.3) is 0 Å². The van der Waals surface area contributed by atoms with Crippen LogP contribution in [0.2, 0.25) is 0 Å². The summed E-state index contributed by atoms with van der Waals surface area (Å²) in [5.41, 5.74) is 0. The Kier molecular flexibility index (Phi) is 18.9. The summed E-state index contributed by atoms with van der Waals surface area (Å²) in [6.45, 7) is 1.36. The van der Waals surface area contributed by atoms with E-state index in [1.807, 2.05) is 0 Å². The maximum atomic E-state index is 12.0. The number of nitrogens with one attached hydrogen (secondary N) is 2. The molecule has 174 valence electrons. The second-order valence-corrected chi connectivity index (χ2v) is 7.21. The summed E-state index contributed by atoms with van der Waals surface area (Å²) in [5, 5.41) is 23.5. The highest BCUT2D eigenvalue weighted by Crippen LogP contribution is 2.04. The van der Waals surface area contributed by atoms with Crippen LogP contribution in [-0.2, 0) is 19.2 Å². The molecular weight excluding hydrogens is 390 g/mol. The summed E-state index contributed by atoms with van der Waals surface area (Å²) < 4.78 is 0. The number of unbranched alkanes of at least 4 members (excludes halogenated alkanes) is 5. The number of nitrogens with zero attached hydrogens (tertiary/aromatic N) is 1. The molecule has 4 N–H and O–H groups in total. The van der Waals surface area contributed by atoms with Gasteiger partial charge in [0.15, 0.2) is 0 Å². The van der Waals surface area contributed by atoms with Crippen LogP contribution < -0.4 is 10.6 Å². The molecule has 0 saturated carbocycles. The normalized spacial score (nSPS) is 10.5. The van der Waals surface area contributed by atoms with Crippen LogP contribution in [0, 0.1) is 0 Å². The van der Waals surface area contributed by atoms with E-state index >= 15 is 0 Å². The minimum absolute atomic E-state index is 0.0562. The quantitative estimate of drug-likeness (QED) is 0.165. The second-order valence-electron chi connectivity index (χ2n) is 7.21. The molecular formula is C21H39N3O6. The second kappa shape index (κ2) is 20.3. The van der Waals surface area contributed by atoms with E-state index in [1.54, 1.807) is 0 Å². The Morgan fingerprint density at radius 1 is 0.700 bits per heavy atom. The minimum atomic E-state index is -0.123. The average Bonchev–Trinajstić information content (AvgIpc) is 2.72. The van der Waals surface area contributed by atoms with Gasteiger partial charge >= 0.3 is 0 Å². The van der Waals surface area contributed by atoms with Crippen molar-refractivity contribution in [1.29, 1.82) is 0 Å². The Bertz CT molecular complexity index is 481. The summed E-state index contributed by atoms with van der Waals surface area (Å²) in [5.74, 6) is -0.217. The smallest absolute Gasteiger partial charge is 0.222 e. The summed E-state index contributed by atoms with van der Waals surface area (Å²) in [7, 11) is 0. The lowest BCUT2D eigenvalue weighted by molar-refractivity contribution is -0.132. The molecule has 30 heavy (non-hydrogen) atoms. The van der Waals surface area contributed by atoms with E-state index in [0.717, 1.165) is 38.4 Å². The van der Waals surface area contributed by atoms with Gasteiger partial charge in [0.2, 0.25) is 17.7 Å². The molecule has 9 heteroatoms. The van der Waals surface area contributed by atoms with Gasteiger partial charge in [0.05, 0.1) is 13.2 Å². The first-order valence-corrected chi connectivity index (χ1v) is 11.0. The number of aliphatic hydroxyl groups is 2. The number of aliphatic hydroxyl groups excluding tert-OH is 2. The fourth-order valence-electron chi connectivity index (χ4n) is 2.91. The molecule has 0 saturated heterocycles. The molecule has 0 heterocycles. The van der Waals surface area contributed by atoms with Gasteiger partial charge in [0.1, 0.15) is 6.29 Å². The zero-order chi connectivity index (χ0) is 22.5. The van der Waals surface area contributed by atoms with E-state index in [-0.39, 0.29) is 44.0 Å². The van der Waals surface area contributed by atoms with Crippen LogP contribution in [0.3, 0.4) is 0 Å². The Balaban J connectivity index is 3.59. The van der Waals surface area contributed by atoms with Gasteiger partial charge in [-0.25, -0.2) is 0 Å². The van der Waals surface area contributed by atoms with Crippen molar-refractivity contribution >= 4 is 24.0 Å². The van der Waals surface area contributed by atoms with Gasteiger partial charge < -0.3 is 30.5 Å². The van der Waals surface area contributed by atoms with Crippen LogP contribution in [0.4, 0.5) is 0 Å². The van der Waals surface area contributed by atoms with Crippen molar-refractivity contribution in [2.24, 2.45) is 0 Å². The number of amides is 3. The van der Waals surface area contributed by atoms with Crippen molar-refractivity contribution in [2.45, 2.75) is 70.6 Å².